The Balaban J connectivity index is 1.41. The van der Waals surface area contributed by atoms with Gasteiger partial charge in [0.2, 0.25) is 0 Å². The SMILES string of the molecule is COc1ccc2c(N3CCOc4ccc(-c5cnc6nc[nH]c6c5)cc4C3)nc(CN(C)C)nc2c1. The van der Waals surface area contributed by atoms with E-state index in [-0.39, 0.29) is 0 Å². The standard InChI is InChI=1S/C27H27N7O2/c1-33(2)15-25-31-22-12-20(35-3)5-6-21(22)27(32-25)34-8-9-36-24-7-4-17(10-19(24)14-34)18-11-23-26(28-13-18)30-16-29-23/h4-7,10-13,16H,8-9,14-15H2,1-3H3,(H,28,29,30). The largest absolute Gasteiger partial charge is 0.497 e. The summed E-state index contributed by atoms with van der Waals surface area (Å²) in [5, 5.41) is 0.992. The van der Waals surface area contributed by atoms with Crippen molar-refractivity contribution in [1.29, 1.82) is 0 Å². The highest BCUT2D eigenvalue weighted by Gasteiger charge is 2.21. The van der Waals surface area contributed by atoms with Crippen LogP contribution in [0.15, 0.2) is 55.0 Å². The average Bonchev–Trinajstić information content (AvgIpc) is 3.25. The highest BCUT2D eigenvalue weighted by atomic mass is 16.5. The predicted molar refractivity (Wildman–Crippen MR) is 139 cm³/mol. The van der Waals surface area contributed by atoms with E-state index in [4.69, 9.17) is 19.4 Å². The van der Waals surface area contributed by atoms with Gasteiger partial charge in [0.05, 0.1) is 37.6 Å². The summed E-state index contributed by atoms with van der Waals surface area (Å²) >= 11 is 0. The molecule has 5 aromatic rings. The molecule has 0 unspecified atom stereocenters. The van der Waals surface area contributed by atoms with Crippen molar-refractivity contribution in [3.05, 3.63) is 66.4 Å². The minimum absolute atomic E-state index is 0.568. The minimum Gasteiger partial charge on any atom is -0.497 e. The van der Waals surface area contributed by atoms with E-state index < -0.39 is 0 Å². The van der Waals surface area contributed by atoms with E-state index in [0.29, 0.717) is 31.9 Å². The molecule has 9 heteroatoms. The van der Waals surface area contributed by atoms with Crippen LogP contribution in [0.4, 0.5) is 5.82 Å². The molecule has 0 saturated heterocycles. The lowest BCUT2D eigenvalue weighted by molar-refractivity contribution is 0.331. The monoisotopic (exact) mass is 481 g/mol. The number of nitrogens with zero attached hydrogens (tertiary/aromatic N) is 6. The molecule has 4 heterocycles. The first-order chi connectivity index (χ1) is 17.6. The lowest BCUT2D eigenvalue weighted by Gasteiger charge is -2.24. The fourth-order valence-corrected chi connectivity index (χ4v) is 4.60. The lowest BCUT2D eigenvalue weighted by Crippen LogP contribution is -2.27. The Kier molecular flexibility index (Phi) is 5.61. The molecule has 36 heavy (non-hydrogen) atoms. The van der Waals surface area contributed by atoms with Crippen molar-refractivity contribution in [2.24, 2.45) is 0 Å². The first-order valence-electron chi connectivity index (χ1n) is 11.9. The van der Waals surface area contributed by atoms with Crippen LogP contribution in [0.5, 0.6) is 11.5 Å². The Morgan fingerprint density at radius 3 is 2.83 bits per heavy atom. The fourth-order valence-electron chi connectivity index (χ4n) is 4.60. The molecule has 182 valence electrons. The Labute approximate surface area is 208 Å². The van der Waals surface area contributed by atoms with E-state index in [1.807, 2.05) is 44.6 Å². The third kappa shape index (κ3) is 4.18. The summed E-state index contributed by atoms with van der Waals surface area (Å²) in [7, 11) is 5.71. The van der Waals surface area contributed by atoms with Gasteiger partial charge in [-0.2, -0.15) is 0 Å². The van der Waals surface area contributed by atoms with Crippen LogP contribution in [-0.4, -0.2) is 64.2 Å². The van der Waals surface area contributed by atoms with Gasteiger partial charge in [-0.1, -0.05) is 6.07 Å². The van der Waals surface area contributed by atoms with Gasteiger partial charge >= 0.3 is 0 Å². The van der Waals surface area contributed by atoms with Gasteiger partial charge in [-0.25, -0.2) is 19.9 Å². The fraction of sp³-hybridized carbons (Fsp3) is 0.259. The number of hydrogen-bond acceptors (Lipinski definition) is 8. The minimum atomic E-state index is 0.568. The summed E-state index contributed by atoms with van der Waals surface area (Å²) in [6.07, 6.45) is 3.52. The second-order valence-corrected chi connectivity index (χ2v) is 9.17. The number of methoxy groups -OCH3 is 1. The van der Waals surface area contributed by atoms with E-state index in [1.165, 1.54) is 0 Å². The maximum atomic E-state index is 6.15. The van der Waals surface area contributed by atoms with Crippen LogP contribution in [0.1, 0.15) is 11.4 Å². The van der Waals surface area contributed by atoms with Crippen LogP contribution in [0, 0.1) is 0 Å². The molecule has 0 bridgehead atoms. The third-order valence-corrected chi connectivity index (χ3v) is 6.33. The number of anilines is 1. The molecule has 0 fully saturated rings. The maximum absolute atomic E-state index is 6.15. The van der Waals surface area contributed by atoms with Crippen molar-refractivity contribution < 1.29 is 9.47 Å². The third-order valence-electron chi connectivity index (χ3n) is 6.33. The molecule has 3 aromatic heterocycles. The van der Waals surface area contributed by atoms with Crippen molar-refractivity contribution in [3.63, 3.8) is 0 Å². The van der Waals surface area contributed by atoms with Gasteiger partial charge in [0.15, 0.2) is 5.65 Å². The molecule has 0 atom stereocenters. The quantitative estimate of drug-likeness (QED) is 0.402. The number of H-pyrrole nitrogens is 1. The van der Waals surface area contributed by atoms with Crippen molar-refractivity contribution in [1.82, 2.24) is 29.8 Å². The molecular formula is C27H27N7O2. The molecule has 0 spiro atoms. The number of benzene rings is 2. The molecule has 1 N–H and O–H groups in total. The van der Waals surface area contributed by atoms with Crippen LogP contribution >= 0.6 is 0 Å². The topological polar surface area (TPSA) is 92.3 Å². The zero-order valence-corrected chi connectivity index (χ0v) is 20.5. The first-order valence-corrected chi connectivity index (χ1v) is 11.9. The van der Waals surface area contributed by atoms with E-state index >= 15 is 0 Å². The number of nitrogens with one attached hydrogen (secondary N) is 1. The number of aromatic amines is 1. The maximum Gasteiger partial charge on any atom is 0.177 e. The Bertz CT molecular complexity index is 1560. The molecule has 0 radical (unpaired) electrons. The van der Waals surface area contributed by atoms with Gasteiger partial charge < -0.3 is 24.3 Å². The Morgan fingerprint density at radius 2 is 1.97 bits per heavy atom. The predicted octanol–water partition coefficient (Wildman–Crippen LogP) is 4.04. The number of hydrogen-bond donors (Lipinski definition) is 1. The number of fused-ring (bicyclic) bond motifs is 3. The van der Waals surface area contributed by atoms with E-state index in [9.17, 15) is 0 Å². The van der Waals surface area contributed by atoms with Crippen molar-refractivity contribution >= 4 is 27.9 Å². The van der Waals surface area contributed by atoms with Crippen molar-refractivity contribution in [2.75, 3.05) is 39.3 Å². The number of pyridine rings is 1. The summed E-state index contributed by atoms with van der Waals surface area (Å²) < 4.78 is 11.6. The number of aromatic nitrogens is 5. The average molecular weight is 482 g/mol. The molecule has 2 aromatic carbocycles. The second-order valence-electron chi connectivity index (χ2n) is 9.17. The summed E-state index contributed by atoms with van der Waals surface area (Å²) in [6, 6.07) is 14.3. The van der Waals surface area contributed by atoms with Crippen LogP contribution in [-0.2, 0) is 13.1 Å². The number of ether oxygens (including phenoxy) is 2. The zero-order valence-electron chi connectivity index (χ0n) is 20.5. The molecule has 1 aliphatic rings. The normalized spacial score (nSPS) is 13.6. The van der Waals surface area contributed by atoms with Crippen LogP contribution in [0.25, 0.3) is 33.2 Å². The van der Waals surface area contributed by atoms with E-state index in [0.717, 1.165) is 56.3 Å². The molecule has 9 nitrogen and oxygen atoms in total. The Morgan fingerprint density at radius 1 is 1.06 bits per heavy atom. The highest BCUT2D eigenvalue weighted by Crippen LogP contribution is 2.34. The number of imidazole rings is 1. The van der Waals surface area contributed by atoms with E-state index in [2.05, 4.69) is 43.0 Å². The first kappa shape index (κ1) is 22.2. The summed E-state index contributed by atoms with van der Waals surface area (Å²) in [5.41, 5.74) is 5.70. The van der Waals surface area contributed by atoms with Crippen molar-refractivity contribution in [2.45, 2.75) is 13.1 Å². The number of rotatable bonds is 5. The Hall–Kier alpha value is -4.24. The summed E-state index contributed by atoms with van der Waals surface area (Å²) in [5.74, 6) is 3.35. The van der Waals surface area contributed by atoms with Crippen molar-refractivity contribution in [3.8, 4) is 22.6 Å². The summed E-state index contributed by atoms with van der Waals surface area (Å²) in [6.45, 7) is 2.60. The zero-order chi connectivity index (χ0) is 24.6. The van der Waals surface area contributed by atoms with Crippen LogP contribution in [0.2, 0.25) is 0 Å². The molecule has 6 rings (SSSR count). The van der Waals surface area contributed by atoms with Gasteiger partial charge in [0, 0.05) is 35.3 Å². The molecule has 0 aliphatic carbocycles. The van der Waals surface area contributed by atoms with Gasteiger partial charge in [0.25, 0.3) is 0 Å². The second kappa shape index (κ2) is 9.09. The van der Waals surface area contributed by atoms with Gasteiger partial charge in [-0.15, -0.1) is 0 Å². The van der Waals surface area contributed by atoms with E-state index in [1.54, 1.807) is 13.4 Å². The lowest BCUT2D eigenvalue weighted by atomic mass is 10.0. The highest BCUT2D eigenvalue weighted by molar-refractivity contribution is 5.90. The molecule has 1 aliphatic heterocycles. The van der Waals surface area contributed by atoms with Gasteiger partial charge in [0.1, 0.15) is 29.7 Å². The van der Waals surface area contributed by atoms with Gasteiger partial charge in [-0.3, -0.25) is 0 Å². The smallest absolute Gasteiger partial charge is 0.177 e. The summed E-state index contributed by atoms with van der Waals surface area (Å²) in [4.78, 5) is 26.0. The molecule has 0 amide bonds. The molecule has 0 saturated carbocycles. The van der Waals surface area contributed by atoms with Crippen LogP contribution in [0.3, 0.4) is 0 Å². The van der Waals surface area contributed by atoms with Gasteiger partial charge in [-0.05, 0) is 50.0 Å². The van der Waals surface area contributed by atoms with Crippen LogP contribution < -0.4 is 14.4 Å². The molecular weight excluding hydrogens is 454 g/mol.